The van der Waals surface area contributed by atoms with Gasteiger partial charge in [0.1, 0.15) is 5.82 Å². The van der Waals surface area contributed by atoms with Crippen molar-refractivity contribution >= 4 is 17.5 Å². The third-order valence-corrected chi connectivity index (χ3v) is 4.08. The topological polar surface area (TPSA) is 40.5 Å². The summed E-state index contributed by atoms with van der Waals surface area (Å²) >= 11 is 5.84. The number of aliphatic hydroxyl groups excluding tert-OH is 1. The summed E-state index contributed by atoms with van der Waals surface area (Å²) in [5.74, 6) is -0.935. The quantitative estimate of drug-likeness (QED) is 0.922. The number of likely N-dealkylation sites (tertiary alicyclic amines) is 1. The van der Waals surface area contributed by atoms with Gasteiger partial charge in [-0.15, -0.1) is 0 Å². The molecule has 0 unspecified atom stereocenters. The zero-order chi connectivity index (χ0) is 15.7. The molecular formula is C17H15ClFNO2. The molecule has 0 bridgehead atoms. The fourth-order valence-electron chi connectivity index (χ4n) is 2.61. The lowest BCUT2D eigenvalue weighted by Gasteiger charge is -2.16. The third-order valence-electron chi connectivity index (χ3n) is 3.83. The van der Waals surface area contributed by atoms with E-state index in [0.29, 0.717) is 23.6 Å². The first-order valence-electron chi connectivity index (χ1n) is 7.07. The molecule has 2 aromatic carbocycles. The number of amides is 1. The lowest BCUT2D eigenvalue weighted by Crippen LogP contribution is -2.30. The van der Waals surface area contributed by atoms with E-state index < -0.39 is 11.9 Å². The molecule has 0 radical (unpaired) electrons. The largest absolute Gasteiger partial charge is 0.391 e. The Morgan fingerprint density at radius 3 is 2.45 bits per heavy atom. The van der Waals surface area contributed by atoms with Gasteiger partial charge >= 0.3 is 0 Å². The van der Waals surface area contributed by atoms with Crippen molar-refractivity contribution in [2.45, 2.75) is 12.5 Å². The molecule has 1 atom stereocenters. The van der Waals surface area contributed by atoms with E-state index in [2.05, 4.69) is 0 Å². The van der Waals surface area contributed by atoms with E-state index >= 15 is 0 Å². The summed E-state index contributed by atoms with van der Waals surface area (Å²) in [5.41, 5.74) is 1.55. The van der Waals surface area contributed by atoms with Crippen LogP contribution >= 0.6 is 11.6 Å². The number of rotatable bonds is 2. The van der Waals surface area contributed by atoms with Crippen molar-refractivity contribution in [3.05, 3.63) is 58.9 Å². The molecule has 3 nitrogen and oxygen atoms in total. The Labute approximate surface area is 132 Å². The Kier molecular flexibility index (Phi) is 4.14. The van der Waals surface area contributed by atoms with Gasteiger partial charge in [-0.1, -0.05) is 29.8 Å². The number of halogens is 2. The van der Waals surface area contributed by atoms with Crippen LogP contribution < -0.4 is 0 Å². The lowest BCUT2D eigenvalue weighted by atomic mass is 10.0. The van der Waals surface area contributed by atoms with Crippen LogP contribution in [0.3, 0.4) is 0 Å². The van der Waals surface area contributed by atoms with Crippen LogP contribution in [-0.4, -0.2) is 35.1 Å². The summed E-state index contributed by atoms with van der Waals surface area (Å²) in [6.07, 6.45) is 0.0244. The summed E-state index contributed by atoms with van der Waals surface area (Å²) in [6.45, 7) is 0.718. The van der Waals surface area contributed by atoms with Crippen LogP contribution in [0.15, 0.2) is 42.5 Å². The molecule has 3 rings (SSSR count). The maximum atomic E-state index is 14.3. The van der Waals surface area contributed by atoms with Crippen LogP contribution in [-0.2, 0) is 0 Å². The van der Waals surface area contributed by atoms with E-state index in [0.717, 1.165) is 5.56 Å². The predicted molar refractivity (Wildman–Crippen MR) is 83.4 cm³/mol. The molecule has 1 heterocycles. The monoisotopic (exact) mass is 319 g/mol. The summed E-state index contributed by atoms with van der Waals surface area (Å²) < 4.78 is 14.3. The van der Waals surface area contributed by atoms with Crippen molar-refractivity contribution in [1.29, 1.82) is 0 Å². The summed E-state index contributed by atoms with van der Waals surface area (Å²) in [4.78, 5) is 13.7. The molecule has 22 heavy (non-hydrogen) atoms. The van der Waals surface area contributed by atoms with Crippen LogP contribution in [0, 0.1) is 5.82 Å². The Balaban J connectivity index is 1.86. The fraction of sp³-hybridized carbons (Fsp3) is 0.235. The Morgan fingerprint density at radius 1 is 1.18 bits per heavy atom. The van der Waals surface area contributed by atoms with Crippen LogP contribution in [0.4, 0.5) is 4.39 Å². The highest BCUT2D eigenvalue weighted by Crippen LogP contribution is 2.25. The second-order valence-corrected chi connectivity index (χ2v) is 5.83. The summed E-state index contributed by atoms with van der Waals surface area (Å²) in [6, 6.07) is 11.6. The first-order valence-corrected chi connectivity index (χ1v) is 7.45. The van der Waals surface area contributed by atoms with Gasteiger partial charge in [0.05, 0.1) is 11.7 Å². The molecule has 0 saturated carbocycles. The molecule has 1 amide bonds. The lowest BCUT2D eigenvalue weighted by molar-refractivity contribution is 0.0760. The second kappa shape index (κ2) is 6.07. The smallest absolute Gasteiger partial charge is 0.256 e. The van der Waals surface area contributed by atoms with Crippen molar-refractivity contribution in [2.75, 3.05) is 13.1 Å². The number of hydrogen-bond acceptors (Lipinski definition) is 2. The van der Waals surface area contributed by atoms with Crippen LogP contribution in [0.25, 0.3) is 11.1 Å². The molecule has 0 aromatic heterocycles. The fourth-order valence-corrected chi connectivity index (χ4v) is 2.73. The van der Waals surface area contributed by atoms with Crippen LogP contribution in [0.5, 0.6) is 0 Å². The highest BCUT2D eigenvalue weighted by molar-refractivity contribution is 6.30. The van der Waals surface area contributed by atoms with Gasteiger partial charge in [-0.05, 0) is 41.8 Å². The van der Waals surface area contributed by atoms with Gasteiger partial charge in [0, 0.05) is 18.1 Å². The molecule has 1 saturated heterocycles. The summed E-state index contributed by atoms with van der Waals surface area (Å²) in [7, 11) is 0. The number of hydrogen-bond donors (Lipinski definition) is 1. The molecule has 0 spiro atoms. The normalized spacial score (nSPS) is 17.8. The van der Waals surface area contributed by atoms with Gasteiger partial charge in [-0.2, -0.15) is 0 Å². The van der Waals surface area contributed by atoms with E-state index in [1.54, 1.807) is 30.3 Å². The number of carbonyl (C=O) groups is 1. The average Bonchev–Trinajstić information content (AvgIpc) is 2.94. The van der Waals surface area contributed by atoms with Gasteiger partial charge < -0.3 is 10.0 Å². The first-order chi connectivity index (χ1) is 10.5. The molecule has 2 aromatic rings. The molecule has 1 aliphatic heterocycles. The van der Waals surface area contributed by atoms with Gasteiger partial charge in [0.25, 0.3) is 5.91 Å². The number of aliphatic hydroxyl groups is 1. The maximum Gasteiger partial charge on any atom is 0.256 e. The first kappa shape index (κ1) is 15.0. The standard InChI is InChI=1S/C17H15ClFNO2/c18-13-4-1-11(2-5-13)12-3-6-15(16(19)9-12)17(22)20-8-7-14(21)10-20/h1-6,9,14,21H,7-8,10H2/t14-/m1/s1. The zero-order valence-electron chi connectivity index (χ0n) is 11.8. The minimum atomic E-state index is -0.557. The number of nitrogens with zero attached hydrogens (tertiary/aromatic N) is 1. The van der Waals surface area contributed by atoms with Crippen molar-refractivity contribution in [3.8, 4) is 11.1 Å². The number of β-amino-alcohol motifs (C(OH)–C–C–N with tert-alkyl or cyclic N) is 1. The highest BCUT2D eigenvalue weighted by atomic mass is 35.5. The van der Waals surface area contributed by atoms with Crippen LogP contribution in [0.1, 0.15) is 16.8 Å². The van der Waals surface area contributed by atoms with Crippen molar-refractivity contribution in [3.63, 3.8) is 0 Å². The third kappa shape index (κ3) is 2.98. The number of carbonyl (C=O) groups excluding carboxylic acids is 1. The Morgan fingerprint density at radius 2 is 1.86 bits per heavy atom. The van der Waals surface area contributed by atoms with E-state index in [1.807, 2.05) is 0 Å². The van der Waals surface area contributed by atoms with Crippen molar-refractivity contribution in [1.82, 2.24) is 4.90 Å². The molecule has 5 heteroatoms. The zero-order valence-corrected chi connectivity index (χ0v) is 12.6. The molecule has 1 aliphatic rings. The molecule has 114 valence electrons. The molecule has 1 fully saturated rings. The average molecular weight is 320 g/mol. The maximum absolute atomic E-state index is 14.3. The minimum Gasteiger partial charge on any atom is -0.391 e. The summed E-state index contributed by atoms with van der Waals surface area (Å²) in [5, 5.41) is 10.1. The molecule has 1 N–H and O–H groups in total. The SMILES string of the molecule is O=C(c1ccc(-c2ccc(Cl)cc2)cc1F)N1CC[C@@H](O)C1. The molecular weight excluding hydrogens is 305 g/mol. The number of benzene rings is 2. The van der Waals surface area contributed by atoms with Crippen LogP contribution in [0.2, 0.25) is 5.02 Å². The van der Waals surface area contributed by atoms with E-state index in [4.69, 9.17) is 11.6 Å². The van der Waals surface area contributed by atoms with Crippen molar-refractivity contribution < 1.29 is 14.3 Å². The molecule has 0 aliphatic carbocycles. The predicted octanol–water partition coefficient (Wildman–Crippen LogP) is 3.35. The Bertz CT molecular complexity index is 702. The van der Waals surface area contributed by atoms with E-state index in [-0.39, 0.29) is 18.0 Å². The van der Waals surface area contributed by atoms with Gasteiger partial charge in [0.2, 0.25) is 0 Å². The van der Waals surface area contributed by atoms with Gasteiger partial charge in [0.15, 0.2) is 0 Å². The minimum absolute atomic E-state index is 0.0341. The van der Waals surface area contributed by atoms with E-state index in [1.165, 1.54) is 17.0 Å². The van der Waals surface area contributed by atoms with Crippen molar-refractivity contribution in [2.24, 2.45) is 0 Å². The highest BCUT2D eigenvalue weighted by Gasteiger charge is 2.27. The van der Waals surface area contributed by atoms with E-state index in [9.17, 15) is 14.3 Å². The second-order valence-electron chi connectivity index (χ2n) is 5.40. The van der Waals surface area contributed by atoms with Gasteiger partial charge in [-0.25, -0.2) is 4.39 Å². The van der Waals surface area contributed by atoms with Gasteiger partial charge in [-0.3, -0.25) is 4.79 Å². The Hall–Kier alpha value is -1.91.